The number of hydrogen-bond donors (Lipinski definition) is 1. The molecule has 0 aliphatic carbocycles. The third kappa shape index (κ3) is 4.03. The van der Waals surface area contributed by atoms with Crippen molar-refractivity contribution in [3.8, 4) is 5.75 Å². The molecule has 0 aliphatic heterocycles. The number of furan rings is 1. The van der Waals surface area contributed by atoms with Gasteiger partial charge >= 0.3 is 0 Å². The third-order valence-corrected chi connectivity index (χ3v) is 3.31. The fourth-order valence-electron chi connectivity index (χ4n) is 1.70. The molecule has 0 saturated carbocycles. The lowest BCUT2D eigenvalue weighted by Crippen LogP contribution is -2.83. The van der Waals surface area contributed by atoms with Crippen molar-refractivity contribution in [2.45, 2.75) is 13.5 Å². The maximum absolute atomic E-state index is 5.75. The summed E-state index contributed by atoms with van der Waals surface area (Å²) in [7, 11) is 0. The smallest absolute Gasteiger partial charge is 0.157 e. The van der Waals surface area contributed by atoms with Gasteiger partial charge in [0, 0.05) is 3.57 Å². The first-order chi connectivity index (χ1) is 8.75. The fraction of sp³-hybridized carbons (Fsp3) is 0.286. The average molecular weight is 358 g/mol. The van der Waals surface area contributed by atoms with Gasteiger partial charge in [-0.25, -0.2) is 0 Å². The van der Waals surface area contributed by atoms with Crippen molar-refractivity contribution >= 4 is 22.6 Å². The Labute approximate surface area is 121 Å². The molecule has 96 valence electrons. The van der Waals surface area contributed by atoms with Gasteiger partial charge in [-0.15, -0.1) is 0 Å². The molecule has 1 aromatic carbocycles. The minimum atomic E-state index is 0.710. The van der Waals surface area contributed by atoms with E-state index >= 15 is 0 Å². The molecular formula is C14H17INO2+. The summed E-state index contributed by atoms with van der Waals surface area (Å²) in [6.45, 7) is 4.57. The quantitative estimate of drug-likeness (QED) is 0.636. The first-order valence-corrected chi connectivity index (χ1v) is 7.06. The standard InChI is InChI=1S/C14H16INO2/c1-11-9-12(15)4-5-14(11)18-8-6-16-10-13-3-2-7-17-13/h2-5,7,9,16H,6,8,10H2,1H3/p+1. The van der Waals surface area contributed by atoms with E-state index < -0.39 is 0 Å². The van der Waals surface area contributed by atoms with E-state index in [4.69, 9.17) is 9.15 Å². The lowest BCUT2D eigenvalue weighted by atomic mass is 10.2. The lowest BCUT2D eigenvalue weighted by molar-refractivity contribution is -0.672. The summed E-state index contributed by atoms with van der Waals surface area (Å²) in [4.78, 5) is 0. The highest BCUT2D eigenvalue weighted by Crippen LogP contribution is 2.19. The Bertz CT molecular complexity index is 483. The van der Waals surface area contributed by atoms with E-state index in [1.807, 2.05) is 18.2 Å². The Morgan fingerprint density at radius 1 is 1.33 bits per heavy atom. The van der Waals surface area contributed by atoms with E-state index in [0.717, 1.165) is 24.6 Å². The number of aryl methyl sites for hydroxylation is 1. The van der Waals surface area contributed by atoms with Gasteiger partial charge in [0.2, 0.25) is 0 Å². The molecule has 2 rings (SSSR count). The number of quaternary nitrogens is 1. The summed E-state index contributed by atoms with van der Waals surface area (Å²) in [6, 6.07) is 10.1. The second-order valence-corrected chi connectivity index (χ2v) is 5.36. The molecule has 2 N–H and O–H groups in total. The van der Waals surface area contributed by atoms with Crippen molar-refractivity contribution in [2.75, 3.05) is 13.2 Å². The second-order valence-electron chi connectivity index (χ2n) is 4.12. The van der Waals surface area contributed by atoms with E-state index in [0.29, 0.717) is 6.61 Å². The Hall–Kier alpha value is -1.01. The Morgan fingerprint density at radius 3 is 2.94 bits per heavy atom. The van der Waals surface area contributed by atoms with Crippen molar-refractivity contribution in [2.24, 2.45) is 0 Å². The monoisotopic (exact) mass is 358 g/mol. The minimum absolute atomic E-state index is 0.710. The van der Waals surface area contributed by atoms with Gasteiger partial charge in [0.1, 0.15) is 25.4 Å². The largest absolute Gasteiger partial charge is 0.487 e. The molecule has 18 heavy (non-hydrogen) atoms. The van der Waals surface area contributed by atoms with Gasteiger partial charge in [-0.2, -0.15) is 0 Å². The summed E-state index contributed by atoms with van der Waals surface area (Å²) in [5.74, 6) is 1.97. The van der Waals surface area contributed by atoms with Crippen LogP contribution in [0, 0.1) is 10.5 Å². The van der Waals surface area contributed by atoms with Crippen LogP contribution in [0.2, 0.25) is 0 Å². The van der Waals surface area contributed by atoms with Gasteiger partial charge in [0.15, 0.2) is 5.76 Å². The van der Waals surface area contributed by atoms with Crippen LogP contribution in [0.3, 0.4) is 0 Å². The van der Waals surface area contributed by atoms with Crippen molar-refractivity contribution in [1.82, 2.24) is 0 Å². The highest BCUT2D eigenvalue weighted by Gasteiger charge is 2.01. The molecule has 0 radical (unpaired) electrons. The molecule has 0 saturated heterocycles. The normalized spacial score (nSPS) is 10.6. The predicted octanol–water partition coefficient (Wildman–Crippen LogP) is 2.34. The maximum Gasteiger partial charge on any atom is 0.157 e. The van der Waals surface area contributed by atoms with Crippen molar-refractivity contribution < 1.29 is 14.5 Å². The van der Waals surface area contributed by atoms with Crippen LogP contribution in [0.1, 0.15) is 11.3 Å². The van der Waals surface area contributed by atoms with Crippen LogP contribution >= 0.6 is 22.6 Å². The zero-order chi connectivity index (χ0) is 12.8. The fourth-order valence-corrected chi connectivity index (χ4v) is 2.35. The molecule has 0 bridgehead atoms. The Balaban J connectivity index is 1.69. The van der Waals surface area contributed by atoms with Crippen molar-refractivity contribution in [1.29, 1.82) is 0 Å². The molecule has 1 heterocycles. The molecule has 0 aliphatic rings. The van der Waals surface area contributed by atoms with Gasteiger partial charge in [-0.1, -0.05) is 0 Å². The van der Waals surface area contributed by atoms with Crippen molar-refractivity contribution in [3.63, 3.8) is 0 Å². The summed E-state index contributed by atoms with van der Waals surface area (Å²) in [5, 5.41) is 2.18. The molecule has 0 unspecified atom stereocenters. The summed E-state index contributed by atoms with van der Waals surface area (Å²) < 4.78 is 12.2. The molecule has 0 spiro atoms. The van der Waals surface area contributed by atoms with Crippen LogP contribution < -0.4 is 10.1 Å². The van der Waals surface area contributed by atoms with Crippen molar-refractivity contribution in [3.05, 3.63) is 51.5 Å². The number of ether oxygens (including phenoxy) is 1. The van der Waals surface area contributed by atoms with Gasteiger partial charge in [0.05, 0.1) is 6.26 Å². The van der Waals surface area contributed by atoms with Gasteiger partial charge < -0.3 is 14.5 Å². The molecule has 4 heteroatoms. The van der Waals surface area contributed by atoms with E-state index in [1.54, 1.807) is 6.26 Å². The first-order valence-electron chi connectivity index (χ1n) is 5.99. The maximum atomic E-state index is 5.75. The molecular weight excluding hydrogens is 341 g/mol. The zero-order valence-corrected chi connectivity index (χ0v) is 12.5. The predicted molar refractivity (Wildman–Crippen MR) is 78.6 cm³/mol. The minimum Gasteiger partial charge on any atom is -0.487 e. The Morgan fingerprint density at radius 2 is 2.22 bits per heavy atom. The van der Waals surface area contributed by atoms with E-state index in [1.165, 1.54) is 9.13 Å². The summed E-state index contributed by atoms with van der Waals surface area (Å²) in [5.41, 5.74) is 1.19. The van der Waals surface area contributed by atoms with Crippen LogP contribution in [-0.2, 0) is 6.54 Å². The number of benzene rings is 1. The van der Waals surface area contributed by atoms with Crippen LogP contribution in [0.25, 0.3) is 0 Å². The molecule has 0 fully saturated rings. The molecule has 1 aromatic heterocycles. The van der Waals surface area contributed by atoms with E-state index in [9.17, 15) is 0 Å². The molecule has 2 aromatic rings. The Kier molecular flexibility index (Phi) is 5.07. The second kappa shape index (κ2) is 6.80. The SMILES string of the molecule is Cc1cc(I)ccc1OCC[NH2+]Cc1ccco1. The van der Waals surface area contributed by atoms with Gasteiger partial charge in [0.25, 0.3) is 0 Å². The molecule has 0 atom stereocenters. The highest BCUT2D eigenvalue weighted by molar-refractivity contribution is 14.1. The average Bonchev–Trinajstić information content (AvgIpc) is 2.84. The van der Waals surface area contributed by atoms with Crippen LogP contribution in [-0.4, -0.2) is 13.2 Å². The lowest BCUT2D eigenvalue weighted by Gasteiger charge is -2.08. The first kappa shape index (κ1) is 13.4. The number of nitrogens with two attached hydrogens (primary N) is 1. The molecule has 0 amide bonds. The molecule has 3 nitrogen and oxygen atoms in total. The topological polar surface area (TPSA) is 39.0 Å². The van der Waals surface area contributed by atoms with Crippen LogP contribution in [0.4, 0.5) is 0 Å². The summed E-state index contributed by atoms with van der Waals surface area (Å²) in [6.07, 6.45) is 1.70. The number of hydrogen-bond acceptors (Lipinski definition) is 2. The van der Waals surface area contributed by atoms with E-state index in [-0.39, 0.29) is 0 Å². The zero-order valence-electron chi connectivity index (χ0n) is 10.4. The highest BCUT2D eigenvalue weighted by atomic mass is 127. The summed E-state index contributed by atoms with van der Waals surface area (Å²) >= 11 is 2.31. The van der Waals surface area contributed by atoms with E-state index in [2.05, 4.69) is 47.0 Å². The van der Waals surface area contributed by atoms with Gasteiger partial charge in [-0.05, 0) is 65.4 Å². The third-order valence-electron chi connectivity index (χ3n) is 2.64. The van der Waals surface area contributed by atoms with Crippen LogP contribution in [0.15, 0.2) is 41.0 Å². The number of rotatable bonds is 6. The number of halogens is 1. The van der Waals surface area contributed by atoms with Gasteiger partial charge in [-0.3, -0.25) is 0 Å². The van der Waals surface area contributed by atoms with Crippen LogP contribution in [0.5, 0.6) is 5.75 Å².